The lowest BCUT2D eigenvalue weighted by Crippen LogP contribution is -2.51. The van der Waals surface area contributed by atoms with Crippen molar-refractivity contribution >= 4 is 12.0 Å². The van der Waals surface area contributed by atoms with E-state index in [1.807, 2.05) is 25.7 Å². The largest absolute Gasteiger partial charge is 0.444 e. The first-order chi connectivity index (χ1) is 11.3. The summed E-state index contributed by atoms with van der Waals surface area (Å²) in [6, 6.07) is 0. The zero-order valence-corrected chi connectivity index (χ0v) is 14.8. The number of hydrogen-bond acceptors (Lipinski definition) is 4. The Morgan fingerprint density at radius 2 is 1.96 bits per heavy atom. The number of carbonyl (C=O) groups excluding carboxylic acids is 2. The highest BCUT2D eigenvalue weighted by Gasteiger charge is 2.42. The lowest BCUT2D eigenvalue weighted by molar-refractivity contribution is -0.124. The van der Waals surface area contributed by atoms with Crippen molar-refractivity contribution < 1.29 is 19.1 Å². The number of rotatable bonds is 0. The molecule has 3 fully saturated rings. The maximum Gasteiger partial charge on any atom is 0.410 e. The van der Waals surface area contributed by atoms with Crippen LogP contribution in [-0.4, -0.2) is 66.8 Å². The van der Waals surface area contributed by atoms with Gasteiger partial charge in [0.2, 0.25) is 0 Å². The van der Waals surface area contributed by atoms with E-state index in [1.165, 1.54) is 0 Å². The molecule has 0 aromatic heterocycles. The lowest BCUT2D eigenvalue weighted by Gasteiger charge is -2.37. The normalized spacial score (nSPS) is 27.0. The Labute approximate surface area is 143 Å². The van der Waals surface area contributed by atoms with Crippen LogP contribution in [0.3, 0.4) is 0 Å². The molecule has 2 amide bonds. The number of hydrogen-bond donors (Lipinski definition) is 0. The third-order valence-electron chi connectivity index (χ3n) is 4.83. The Kier molecular flexibility index (Phi) is 4.48. The first kappa shape index (κ1) is 17.1. The summed E-state index contributed by atoms with van der Waals surface area (Å²) in [4.78, 5) is 27.5. The van der Waals surface area contributed by atoms with E-state index in [1.54, 1.807) is 4.90 Å². The minimum Gasteiger partial charge on any atom is -0.444 e. The number of amides is 2. The van der Waals surface area contributed by atoms with Gasteiger partial charge in [-0.1, -0.05) is 5.92 Å². The highest BCUT2D eigenvalue weighted by molar-refractivity contribution is 5.93. The van der Waals surface area contributed by atoms with Crippen molar-refractivity contribution in [3.63, 3.8) is 0 Å². The zero-order valence-electron chi connectivity index (χ0n) is 14.8. The van der Waals surface area contributed by atoms with Gasteiger partial charge in [0.15, 0.2) is 0 Å². The number of likely N-dealkylation sites (tertiary alicyclic amines) is 2. The van der Waals surface area contributed by atoms with E-state index in [2.05, 4.69) is 11.8 Å². The van der Waals surface area contributed by atoms with E-state index < -0.39 is 5.60 Å². The molecule has 1 atom stereocenters. The summed E-state index contributed by atoms with van der Waals surface area (Å²) in [5.74, 6) is 5.72. The van der Waals surface area contributed by atoms with Gasteiger partial charge in [-0.25, -0.2) is 4.79 Å². The predicted molar refractivity (Wildman–Crippen MR) is 88.1 cm³/mol. The molecular formula is C18H26N2O4. The van der Waals surface area contributed by atoms with Gasteiger partial charge in [0.1, 0.15) is 5.60 Å². The van der Waals surface area contributed by atoms with E-state index in [-0.39, 0.29) is 23.3 Å². The van der Waals surface area contributed by atoms with Crippen LogP contribution in [-0.2, 0) is 14.3 Å². The Hall–Kier alpha value is -1.74. The van der Waals surface area contributed by atoms with Crippen LogP contribution in [0.2, 0.25) is 0 Å². The Bertz CT molecular complexity index is 572. The van der Waals surface area contributed by atoms with Crippen molar-refractivity contribution in [2.45, 2.75) is 39.2 Å². The molecule has 3 rings (SSSR count). The maximum atomic E-state index is 12.2. The fraction of sp³-hybridized carbons (Fsp3) is 0.778. The van der Waals surface area contributed by atoms with Crippen LogP contribution in [0.4, 0.5) is 4.79 Å². The second-order valence-corrected chi connectivity index (χ2v) is 8.13. The Morgan fingerprint density at radius 3 is 2.58 bits per heavy atom. The van der Waals surface area contributed by atoms with Crippen LogP contribution in [0.15, 0.2) is 0 Å². The Morgan fingerprint density at radius 1 is 1.21 bits per heavy atom. The van der Waals surface area contributed by atoms with Gasteiger partial charge >= 0.3 is 6.09 Å². The molecule has 6 nitrogen and oxygen atoms in total. The first-order valence-electron chi connectivity index (χ1n) is 8.63. The highest BCUT2D eigenvalue weighted by Crippen LogP contribution is 2.38. The molecule has 3 saturated heterocycles. The van der Waals surface area contributed by atoms with E-state index in [0.717, 1.165) is 39.1 Å². The fourth-order valence-corrected chi connectivity index (χ4v) is 3.37. The monoisotopic (exact) mass is 334 g/mol. The summed E-state index contributed by atoms with van der Waals surface area (Å²) in [5, 5.41) is 0. The van der Waals surface area contributed by atoms with Gasteiger partial charge in [-0.2, -0.15) is 0 Å². The molecule has 0 bridgehead atoms. The van der Waals surface area contributed by atoms with Crippen molar-refractivity contribution in [2.75, 3.05) is 39.4 Å². The summed E-state index contributed by atoms with van der Waals surface area (Å²) >= 11 is 0. The third kappa shape index (κ3) is 3.84. The molecule has 132 valence electrons. The molecule has 3 aliphatic heterocycles. The van der Waals surface area contributed by atoms with Crippen LogP contribution in [0.1, 0.15) is 33.6 Å². The SMILES string of the molecule is CC(C)(C)OC(=O)N1CC(C#CC(=O)N2CCC3(CCOC3)C2)C1. The van der Waals surface area contributed by atoms with Gasteiger partial charge in [-0.05, 0) is 39.5 Å². The molecule has 0 aromatic carbocycles. The van der Waals surface area contributed by atoms with Crippen LogP contribution < -0.4 is 0 Å². The summed E-state index contributed by atoms with van der Waals surface area (Å²) < 4.78 is 10.8. The number of carbonyl (C=O) groups is 2. The van der Waals surface area contributed by atoms with Gasteiger partial charge in [0, 0.05) is 38.2 Å². The van der Waals surface area contributed by atoms with E-state index in [0.29, 0.717) is 13.1 Å². The fourth-order valence-electron chi connectivity index (χ4n) is 3.37. The van der Waals surface area contributed by atoms with Crippen molar-refractivity contribution in [1.29, 1.82) is 0 Å². The molecule has 1 unspecified atom stereocenters. The van der Waals surface area contributed by atoms with Crippen molar-refractivity contribution in [1.82, 2.24) is 9.80 Å². The Balaban J connectivity index is 1.44. The smallest absolute Gasteiger partial charge is 0.410 e. The maximum absolute atomic E-state index is 12.2. The molecule has 0 radical (unpaired) electrons. The zero-order chi connectivity index (χ0) is 17.4. The summed E-state index contributed by atoms with van der Waals surface area (Å²) in [6.45, 7) is 9.70. The molecule has 0 aromatic rings. The second-order valence-electron chi connectivity index (χ2n) is 8.13. The number of nitrogens with zero attached hydrogens (tertiary/aromatic N) is 2. The lowest BCUT2D eigenvalue weighted by atomic mass is 9.87. The third-order valence-corrected chi connectivity index (χ3v) is 4.83. The van der Waals surface area contributed by atoms with Crippen LogP contribution in [0, 0.1) is 23.2 Å². The van der Waals surface area contributed by atoms with E-state index >= 15 is 0 Å². The van der Waals surface area contributed by atoms with Crippen molar-refractivity contribution in [3.05, 3.63) is 0 Å². The molecule has 3 aliphatic rings. The molecular weight excluding hydrogens is 308 g/mol. The van der Waals surface area contributed by atoms with Crippen LogP contribution in [0.25, 0.3) is 0 Å². The summed E-state index contributed by atoms with van der Waals surface area (Å²) in [5.41, 5.74) is -0.319. The average molecular weight is 334 g/mol. The topological polar surface area (TPSA) is 59.1 Å². The van der Waals surface area contributed by atoms with E-state index in [9.17, 15) is 9.59 Å². The molecule has 1 spiro atoms. The highest BCUT2D eigenvalue weighted by atomic mass is 16.6. The molecule has 0 aliphatic carbocycles. The summed E-state index contributed by atoms with van der Waals surface area (Å²) in [6.07, 6.45) is 1.74. The van der Waals surface area contributed by atoms with Crippen LogP contribution >= 0.6 is 0 Å². The second kappa shape index (κ2) is 6.29. The number of ether oxygens (including phenoxy) is 2. The quantitative estimate of drug-likeness (QED) is 0.630. The minimum atomic E-state index is -0.487. The first-order valence-corrected chi connectivity index (χ1v) is 8.63. The molecule has 0 N–H and O–H groups in total. The van der Waals surface area contributed by atoms with Gasteiger partial charge in [0.25, 0.3) is 5.91 Å². The van der Waals surface area contributed by atoms with Gasteiger partial charge < -0.3 is 19.3 Å². The molecule has 3 heterocycles. The van der Waals surface area contributed by atoms with Gasteiger partial charge in [-0.3, -0.25) is 4.79 Å². The molecule has 0 saturated carbocycles. The molecule has 24 heavy (non-hydrogen) atoms. The van der Waals surface area contributed by atoms with Crippen molar-refractivity contribution in [2.24, 2.45) is 11.3 Å². The predicted octanol–water partition coefficient (Wildman–Crippen LogP) is 1.50. The standard InChI is InChI=1S/C18H26N2O4/c1-17(2,3)24-16(22)20-10-14(11-20)4-5-15(21)19-8-6-18(12-19)7-9-23-13-18/h14H,6-13H2,1-3H3. The van der Waals surface area contributed by atoms with Gasteiger partial charge in [0.05, 0.1) is 12.5 Å². The molecule has 6 heteroatoms. The van der Waals surface area contributed by atoms with E-state index in [4.69, 9.17) is 9.47 Å². The van der Waals surface area contributed by atoms with Gasteiger partial charge in [-0.15, -0.1) is 0 Å². The summed E-state index contributed by atoms with van der Waals surface area (Å²) in [7, 11) is 0. The van der Waals surface area contributed by atoms with Crippen molar-refractivity contribution in [3.8, 4) is 11.8 Å². The van der Waals surface area contributed by atoms with Crippen LogP contribution in [0.5, 0.6) is 0 Å². The average Bonchev–Trinajstić information content (AvgIpc) is 3.05. The minimum absolute atomic E-state index is 0.0628.